The van der Waals surface area contributed by atoms with Crippen molar-refractivity contribution in [2.75, 3.05) is 11.4 Å². The van der Waals surface area contributed by atoms with Gasteiger partial charge in [-0.15, -0.1) is 0 Å². The Hall–Kier alpha value is -3.07. The van der Waals surface area contributed by atoms with Crippen LogP contribution in [-0.2, 0) is 24.9 Å². The van der Waals surface area contributed by atoms with E-state index in [0.29, 0.717) is 24.1 Å². The molecule has 0 radical (unpaired) electrons. The van der Waals surface area contributed by atoms with Crippen LogP contribution < -0.4 is 16.1 Å². The maximum atomic E-state index is 13.0. The molecule has 0 saturated carbocycles. The van der Waals surface area contributed by atoms with Crippen LogP contribution in [0.2, 0.25) is 5.02 Å². The van der Waals surface area contributed by atoms with E-state index in [1.54, 1.807) is 16.7 Å². The van der Waals surface area contributed by atoms with Crippen molar-refractivity contribution in [3.63, 3.8) is 0 Å². The number of benzene rings is 1. The van der Waals surface area contributed by atoms with Gasteiger partial charge in [0.25, 0.3) is 5.56 Å². The average molecular weight is 404 g/mol. The van der Waals surface area contributed by atoms with Gasteiger partial charge in [0.2, 0.25) is 5.95 Å². The fraction of sp³-hybridized carbons (Fsp3) is 0.333. The first kappa shape index (κ1) is 18.3. The number of fused-ring (bicyclic) bond motifs is 3. The summed E-state index contributed by atoms with van der Waals surface area (Å²) in [5.74, 6) is -0.520. The first-order valence-electron chi connectivity index (χ1n) is 8.73. The van der Waals surface area contributed by atoms with E-state index in [2.05, 4.69) is 11.9 Å². The number of anilines is 2. The van der Waals surface area contributed by atoms with Gasteiger partial charge in [0.1, 0.15) is 6.54 Å². The second-order valence-electron chi connectivity index (χ2n) is 7.01. The quantitative estimate of drug-likeness (QED) is 0.709. The summed E-state index contributed by atoms with van der Waals surface area (Å²) in [5.41, 5.74) is -0.0298. The highest BCUT2D eigenvalue weighted by atomic mass is 35.5. The van der Waals surface area contributed by atoms with E-state index in [1.807, 2.05) is 17.0 Å². The zero-order chi connectivity index (χ0) is 20.2. The monoisotopic (exact) mass is 403 g/mol. The number of rotatable bonds is 3. The van der Waals surface area contributed by atoms with Crippen molar-refractivity contribution in [1.82, 2.24) is 18.7 Å². The molecule has 4 rings (SSSR count). The Labute approximate surface area is 164 Å². The number of aliphatic carboxylic acids is 1. The smallest absolute Gasteiger partial charge is 0.333 e. The van der Waals surface area contributed by atoms with Gasteiger partial charge < -0.3 is 14.6 Å². The Morgan fingerprint density at radius 3 is 2.57 bits per heavy atom. The lowest BCUT2D eigenvalue weighted by Gasteiger charge is -2.33. The SMILES string of the molecule is C[C@H]1CN(c2ccc(Cl)cc2)c2nc3c(c(=O)n(CC(=O)O)c(=O)n3C)n2C1. The molecule has 146 valence electrons. The Morgan fingerprint density at radius 2 is 1.93 bits per heavy atom. The third-order valence-electron chi connectivity index (χ3n) is 4.87. The van der Waals surface area contributed by atoms with Crippen LogP contribution in [0.1, 0.15) is 6.92 Å². The Kier molecular flexibility index (Phi) is 4.26. The maximum absolute atomic E-state index is 13.0. The molecule has 1 atom stereocenters. The molecule has 9 nitrogen and oxygen atoms in total. The van der Waals surface area contributed by atoms with Crippen LogP contribution in [0.25, 0.3) is 11.2 Å². The summed E-state index contributed by atoms with van der Waals surface area (Å²) >= 11 is 5.99. The molecule has 10 heteroatoms. The topological polar surface area (TPSA) is 102 Å². The highest BCUT2D eigenvalue weighted by molar-refractivity contribution is 6.30. The fourth-order valence-corrected chi connectivity index (χ4v) is 3.74. The molecule has 3 aromatic rings. The molecular weight excluding hydrogens is 386 g/mol. The van der Waals surface area contributed by atoms with Gasteiger partial charge in [-0.25, -0.2) is 9.36 Å². The van der Waals surface area contributed by atoms with Crippen molar-refractivity contribution in [2.45, 2.75) is 20.0 Å². The summed E-state index contributed by atoms with van der Waals surface area (Å²) in [6, 6.07) is 7.29. The lowest BCUT2D eigenvalue weighted by atomic mass is 10.1. The summed E-state index contributed by atoms with van der Waals surface area (Å²) < 4.78 is 3.71. The average Bonchev–Trinajstić information content (AvgIpc) is 3.03. The molecule has 3 heterocycles. The molecule has 1 aliphatic heterocycles. The van der Waals surface area contributed by atoms with E-state index >= 15 is 0 Å². The van der Waals surface area contributed by atoms with Crippen LogP contribution in [0.15, 0.2) is 33.9 Å². The molecule has 28 heavy (non-hydrogen) atoms. The zero-order valence-electron chi connectivity index (χ0n) is 15.3. The van der Waals surface area contributed by atoms with Crippen LogP contribution in [0, 0.1) is 5.92 Å². The predicted octanol–water partition coefficient (Wildman–Crippen LogP) is 1.42. The van der Waals surface area contributed by atoms with Crippen molar-refractivity contribution in [2.24, 2.45) is 13.0 Å². The van der Waals surface area contributed by atoms with Gasteiger partial charge >= 0.3 is 11.7 Å². The van der Waals surface area contributed by atoms with Gasteiger partial charge in [-0.3, -0.25) is 14.2 Å². The van der Waals surface area contributed by atoms with Gasteiger partial charge in [-0.2, -0.15) is 4.98 Å². The fourth-order valence-electron chi connectivity index (χ4n) is 3.62. The largest absolute Gasteiger partial charge is 0.480 e. The summed E-state index contributed by atoms with van der Waals surface area (Å²) in [7, 11) is 1.48. The summed E-state index contributed by atoms with van der Waals surface area (Å²) in [5, 5.41) is 9.69. The highest BCUT2D eigenvalue weighted by Crippen LogP contribution is 2.33. The standard InChI is InChI=1S/C18H18ClN5O4/c1-10-7-22(12-5-3-11(19)4-6-12)17-20-15-14(23(17)8-10)16(27)24(9-13(25)26)18(28)21(15)2/h3-6,10H,7-9H2,1-2H3,(H,25,26)/t10-/m0/s1. The van der Waals surface area contributed by atoms with Crippen LogP contribution in [0.5, 0.6) is 0 Å². The van der Waals surface area contributed by atoms with E-state index in [1.165, 1.54) is 11.6 Å². The van der Waals surface area contributed by atoms with E-state index in [0.717, 1.165) is 10.3 Å². The van der Waals surface area contributed by atoms with Crippen molar-refractivity contribution < 1.29 is 9.90 Å². The predicted molar refractivity (Wildman–Crippen MR) is 104 cm³/mol. The van der Waals surface area contributed by atoms with Gasteiger partial charge in [-0.1, -0.05) is 18.5 Å². The minimum absolute atomic E-state index is 0.199. The number of carboxylic acids is 1. The van der Waals surface area contributed by atoms with E-state index in [4.69, 9.17) is 16.7 Å². The third kappa shape index (κ3) is 2.78. The molecule has 0 fully saturated rings. The van der Waals surface area contributed by atoms with Crippen LogP contribution >= 0.6 is 11.6 Å². The number of imidazole rings is 1. The lowest BCUT2D eigenvalue weighted by Crippen LogP contribution is -2.41. The second kappa shape index (κ2) is 6.52. The first-order chi connectivity index (χ1) is 13.3. The molecule has 0 unspecified atom stereocenters. The van der Waals surface area contributed by atoms with Gasteiger partial charge in [0, 0.05) is 30.8 Å². The van der Waals surface area contributed by atoms with Crippen molar-refractivity contribution in [3.8, 4) is 0 Å². The van der Waals surface area contributed by atoms with E-state index in [-0.39, 0.29) is 17.1 Å². The number of carbonyl (C=O) groups is 1. The summed E-state index contributed by atoms with van der Waals surface area (Å²) in [6.07, 6.45) is 0. The lowest BCUT2D eigenvalue weighted by molar-refractivity contribution is -0.137. The van der Waals surface area contributed by atoms with E-state index in [9.17, 15) is 14.4 Å². The van der Waals surface area contributed by atoms with E-state index < -0.39 is 23.8 Å². The highest BCUT2D eigenvalue weighted by Gasteiger charge is 2.30. The molecule has 1 aromatic carbocycles. The molecule has 0 aliphatic carbocycles. The van der Waals surface area contributed by atoms with Crippen LogP contribution in [-0.4, -0.2) is 36.3 Å². The molecular formula is C18H18ClN5O4. The number of carboxylic acid groups (broad SMARTS) is 1. The number of nitrogens with zero attached hydrogens (tertiary/aromatic N) is 5. The molecule has 1 aliphatic rings. The zero-order valence-corrected chi connectivity index (χ0v) is 16.0. The van der Waals surface area contributed by atoms with Gasteiger partial charge in [-0.05, 0) is 30.2 Å². The first-order valence-corrected chi connectivity index (χ1v) is 9.10. The molecule has 0 bridgehead atoms. The normalized spacial score (nSPS) is 16.4. The summed E-state index contributed by atoms with van der Waals surface area (Å²) in [4.78, 5) is 43.1. The molecule has 0 saturated heterocycles. The summed E-state index contributed by atoms with van der Waals surface area (Å²) in [6.45, 7) is 2.58. The van der Waals surface area contributed by atoms with Gasteiger partial charge in [0.15, 0.2) is 11.2 Å². The Morgan fingerprint density at radius 1 is 1.25 bits per heavy atom. The number of hydrogen-bond donors (Lipinski definition) is 1. The molecule has 0 spiro atoms. The van der Waals surface area contributed by atoms with Crippen molar-refractivity contribution in [3.05, 3.63) is 50.1 Å². The van der Waals surface area contributed by atoms with Gasteiger partial charge in [0.05, 0.1) is 0 Å². The van der Waals surface area contributed by atoms with Crippen LogP contribution in [0.3, 0.4) is 0 Å². The molecule has 0 amide bonds. The number of aryl methyl sites for hydroxylation is 1. The maximum Gasteiger partial charge on any atom is 0.333 e. The van der Waals surface area contributed by atoms with Crippen molar-refractivity contribution >= 4 is 40.4 Å². The second-order valence-corrected chi connectivity index (χ2v) is 7.45. The minimum atomic E-state index is -1.26. The molecule has 2 aromatic heterocycles. The number of hydrogen-bond acceptors (Lipinski definition) is 5. The third-order valence-corrected chi connectivity index (χ3v) is 5.13. The number of aromatic nitrogens is 4. The van der Waals surface area contributed by atoms with Crippen molar-refractivity contribution in [1.29, 1.82) is 0 Å². The van der Waals surface area contributed by atoms with Crippen LogP contribution in [0.4, 0.5) is 11.6 Å². The molecule has 1 N–H and O–H groups in total. The minimum Gasteiger partial charge on any atom is -0.480 e. The Bertz CT molecular complexity index is 1210. The Balaban J connectivity index is 2.00. The number of halogens is 1.